The van der Waals surface area contributed by atoms with Gasteiger partial charge in [-0.3, -0.25) is 6.08 Å². The zero-order valence-corrected chi connectivity index (χ0v) is 11.7. The molecule has 0 unspecified atom stereocenters. The molecule has 0 spiro atoms. The molecule has 0 aliphatic heterocycles. The Labute approximate surface area is 103 Å². The predicted molar refractivity (Wildman–Crippen MR) is 65.0 cm³/mol. The van der Waals surface area contributed by atoms with Crippen LogP contribution in [-0.2, 0) is 25.8 Å². The van der Waals surface area contributed by atoms with Gasteiger partial charge in [-0.2, -0.15) is 6.08 Å². The molecule has 95 valence electrons. The summed E-state index contributed by atoms with van der Waals surface area (Å²) in [6.07, 6.45) is 10.0. The van der Waals surface area contributed by atoms with Gasteiger partial charge in [0.25, 0.3) is 0 Å². The van der Waals surface area contributed by atoms with Crippen LogP contribution in [0.5, 0.6) is 0 Å². The molecule has 2 nitrogen and oxygen atoms in total. The summed E-state index contributed by atoms with van der Waals surface area (Å²) in [6, 6.07) is 0. The zero-order valence-electron chi connectivity index (χ0n) is 10.1. The first-order valence-corrected chi connectivity index (χ1v) is 4.10. The van der Waals surface area contributed by atoms with E-state index < -0.39 is 16.2 Å². The average Bonchev–Trinajstić information content (AvgIpc) is 2.44. The van der Waals surface area contributed by atoms with Gasteiger partial charge < -0.3 is 37.1 Å². The smallest absolute Gasteiger partial charge is 0.109 e. The van der Waals surface area contributed by atoms with Gasteiger partial charge in [-0.1, -0.05) is 0 Å². The summed E-state index contributed by atoms with van der Waals surface area (Å²) >= 11 is -0.704. The summed E-state index contributed by atoms with van der Waals surface area (Å²) in [7, 11) is 0. The second-order valence-electron chi connectivity index (χ2n) is 1.22. The van der Waals surface area contributed by atoms with Crippen LogP contribution in [0.3, 0.4) is 0 Å². The van der Waals surface area contributed by atoms with E-state index in [1.807, 2.05) is 12.2 Å². The summed E-state index contributed by atoms with van der Waals surface area (Å²) in [5.74, 6) is 0. The minimum absolute atomic E-state index is 0. The van der Waals surface area contributed by atoms with E-state index in [4.69, 9.17) is 9.59 Å². The van der Waals surface area contributed by atoms with Crippen LogP contribution in [0.4, 0.5) is 0 Å². The fourth-order valence-corrected chi connectivity index (χ4v) is 0.422. The number of carbonyl (C=O) groups excluding carboxylic acids is 2. The molecule has 0 aromatic heterocycles. The van der Waals surface area contributed by atoms with Crippen LogP contribution in [0.25, 0.3) is 0 Å². The summed E-state index contributed by atoms with van der Waals surface area (Å²) in [5.41, 5.74) is 0. The van der Waals surface area contributed by atoms with Gasteiger partial charge in [0, 0.05) is 0 Å². The minimum Gasteiger partial charge on any atom is -0.358 e. The Balaban J connectivity index is -0.0000000202. The van der Waals surface area contributed by atoms with E-state index >= 15 is 0 Å². The van der Waals surface area contributed by atoms with Crippen LogP contribution in [0.1, 0.15) is 6.42 Å². The molecule has 0 heterocycles. The third-order valence-electron chi connectivity index (χ3n) is 0.654. The molecule has 0 aromatic carbocycles. The van der Waals surface area contributed by atoms with E-state index in [9.17, 15) is 0 Å². The molecule has 0 aromatic rings. The topological polar surface area (TPSA) is 34.1 Å². The van der Waals surface area contributed by atoms with Crippen molar-refractivity contribution in [3.05, 3.63) is 61.4 Å². The van der Waals surface area contributed by atoms with E-state index in [2.05, 4.69) is 12.2 Å². The van der Waals surface area contributed by atoms with Crippen LogP contribution in [0, 0.1) is 43.2 Å². The number of allylic oxidation sites excluding steroid dienone is 4. The van der Waals surface area contributed by atoms with E-state index in [1.165, 1.54) is 8.95 Å². The normalized spacial score (nSPS) is 7.47. The molecule has 1 aliphatic carbocycles. The molecule has 0 bridgehead atoms. The first-order chi connectivity index (χ1) is 4.91. The number of hydrogen-bond acceptors (Lipinski definition) is 2. The Morgan fingerprint density at radius 2 is 1.47 bits per heavy atom. The molecule has 0 atom stereocenters. The fourth-order valence-electron chi connectivity index (χ4n) is 0.354. The average molecular weight is 299 g/mol. The molecule has 1 rings (SSSR count). The largest absolute Gasteiger partial charge is 0.358 e. The van der Waals surface area contributed by atoms with Crippen LogP contribution in [0.15, 0.2) is 18.2 Å². The summed E-state index contributed by atoms with van der Waals surface area (Å²) in [5, 5.41) is 0. The first kappa shape index (κ1) is 36.7. The van der Waals surface area contributed by atoms with Crippen LogP contribution >= 0.6 is 0 Å². The molecule has 0 saturated carbocycles. The van der Waals surface area contributed by atoms with Gasteiger partial charge in [0.2, 0.25) is 0 Å². The Morgan fingerprint density at radius 1 is 1.00 bits per heavy atom. The van der Waals surface area contributed by atoms with Crippen LogP contribution in [0.2, 0.25) is 0 Å². The van der Waals surface area contributed by atoms with Crippen molar-refractivity contribution in [2.45, 2.75) is 6.42 Å². The zero-order chi connectivity index (χ0) is 7.66. The van der Waals surface area contributed by atoms with Crippen molar-refractivity contribution in [1.29, 1.82) is 0 Å². The van der Waals surface area contributed by atoms with Gasteiger partial charge >= 0.3 is 34.8 Å². The van der Waals surface area contributed by atoms with Crippen molar-refractivity contribution in [3.63, 3.8) is 0 Å². The number of rotatable bonds is 0. The molecule has 0 saturated heterocycles. The van der Waals surface area contributed by atoms with Gasteiger partial charge in [-0.05, 0) is 0 Å². The van der Waals surface area contributed by atoms with Gasteiger partial charge in [0.15, 0.2) is 0 Å². The maximum atomic E-state index is 9.05. The minimum atomic E-state index is -0.704. The van der Waals surface area contributed by atoms with Crippen molar-refractivity contribution >= 4 is 8.95 Å². The fraction of sp³-hybridized carbons (Fsp3) is 0.0833. The van der Waals surface area contributed by atoms with Gasteiger partial charge in [-0.15, -0.1) is 6.42 Å². The van der Waals surface area contributed by atoms with Crippen LogP contribution < -0.4 is 0 Å². The predicted octanol–water partition coefficient (Wildman–Crippen LogP) is 2.76. The summed E-state index contributed by atoms with van der Waals surface area (Å²) in [6.45, 7) is 0. The molecular weight excluding hydrogens is 279 g/mol. The molecule has 0 fully saturated rings. The third-order valence-corrected chi connectivity index (χ3v) is 0.988. The molecule has 0 radical (unpaired) electrons. The third kappa shape index (κ3) is 42.9. The number of hydrogen-bond donors (Lipinski definition) is 0. The molecule has 3 heteroatoms. The van der Waals surface area contributed by atoms with Crippen molar-refractivity contribution in [2.24, 2.45) is 0 Å². The van der Waals surface area contributed by atoms with Gasteiger partial charge in [0.1, 0.15) is 0 Å². The van der Waals surface area contributed by atoms with Gasteiger partial charge in [0.05, 0.1) is 0 Å². The SMILES string of the molecule is O=[C]=[Rh]=[C]=O.[C-]1=CC=CC1.[CH3-].[CH3-].[CH3-].[CH3-].[CH3-]. The summed E-state index contributed by atoms with van der Waals surface area (Å²) < 4.78 is 2.83. The maximum absolute atomic E-state index is 9.05. The van der Waals surface area contributed by atoms with E-state index in [0.717, 1.165) is 6.42 Å². The first-order valence-electron chi connectivity index (χ1n) is 2.46. The Hall–Kier alpha value is -0.737. The van der Waals surface area contributed by atoms with E-state index in [1.54, 1.807) is 0 Å². The Kier molecular flexibility index (Phi) is 92.6. The second-order valence-corrected chi connectivity index (χ2v) is 2.30. The van der Waals surface area contributed by atoms with E-state index in [-0.39, 0.29) is 37.1 Å². The molecule has 0 amide bonds. The van der Waals surface area contributed by atoms with Crippen molar-refractivity contribution in [2.75, 3.05) is 0 Å². The Bertz CT molecular complexity index is 216. The second kappa shape index (κ2) is 37.8. The Morgan fingerprint density at radius 3 is 1.53 bits per heavy atom. The van der Waals surface area contributed by atoms with Crippen molar-refractivity contribution in [3.8, 4) is 0 Å². The molecule has 15 heavy (non-hydrogen) atoms. The molecule has 0 N–H and O–H groups in total. The monoisotopic (exact) mass is 299 g/mol. The maximum Gasteiger partial charge on any atom is -0.109 e. The molecular formula is C12H20O2Rh-6. The quantitative estimate of drug-likeness (QED) is 0.509. The van der Waals surface area contributed by atoms with Crippen LogP contribution in [-0.4, -0.2) is 8.95 Å². The van der Waals surface area contributed by atoms with E-state index in [0.29, 0.717) is 0 Å². The summed E-state index contributed by atoms with van der Waals surface area (Å²) in [4.78, 5) is 18.1. The molecule has 1 aliphatic rings. The standard InChI is InChI=1S/C5H5.2CO.5CH3.Rh/c1-2-4-5-3-1;2*1-2;;;;;;/h1-3H,4H2;;;5*1H3;/q-1;;;5*-1;. The van der Waals surface area contributed by atoms with Crippen molar-refractivity contribution in [1.82, 2.24) is 0 Å². The van der Waals surface area contributed by atoms with Crippen molar-refractivity contribution < 1.29 is 25.8 Å². The van der Waals surface area contributed by atoms with Gasteiger partial charge in [-0.25, -0.2) is 12.2 Å².